The quantitative estimate of drug-likeness (QED) is 0.615. The van der Waals surface area contributed by atoms with E-state index in [0.29, 0.717) is 5.75 Å². The molecule has 1 aromatic heterocycles. The van der Waals surface area contributed by atoms with Gasteiger partial charge in [-0.3, -0.25) is 0 Å². The lowest BCUT2D eigenvalue weighted by Crippen LogP contribution is -2.02. The first kappa shape index (κ1) is 11.1. The standard InChI is InChI=1S/C14H13NO3/c1-9-5-10-6-11(14(3-4-14)15-8-16)7-12(17-2)13(10)18-9/h5-7H,3-4H2,1-2H3. The summed E-state index contributed by atoms with van der Waals surface area (Å²) in [6, 6.07) is 5.88. The molecule has 2 aromatic rings. The Labute approximate surface area is 104 Å². The lowest BCUT2D eigenvalue weighted by atomic mass is 10.0. The van der Waals surface area contributed by atoms with Crippen LogP contribution in [0.1, 0.15) is 24.2 Å². The number of hydrogen-bond donors (Lipinski definition) is 0. The van der Waals surface area contributed by atoms with E-state index in [4.69, 9.17) is 9.15 Å². The van der Waals surface area contributed by atoms with Gasteiger partial charge in [0.2, 0.25) is 6.08 Å². The van der Waals surface area contributed by atoms with Crippen molar-refractivity contribution >= 4 is 17.0 Å². The van der Waals surface area contributed by atoms with Crippen LogP contribution >= 0.6 is 0 Å². The van der Waals surface area contributed by atoms with Gasteiger partial charge >= 0.3 is 0 Å². The van der Waals surface area contributed by atoms with Gasteiger partial charge in [-0.2, -0.15) is 4.99 Å². The summed E-state index contributed by atoms with van der Waals surface area (Å²) in [7, 11) is 1.61. The van der Waals surface area contributed by atoms with Gasteiger partial charge in [0.15, 0.2) is 11.3 Å². The van der Waals surface area contributed by atoms with E-state index in [1.165, 1.54) is 0 Å². The molecule has 3 rings (SSSR count). The number of aryl methyl sites for hydroxylation is 1. The Morgan fingerprint density at radius 1 is 1.39 bits per heavy atom. The molecule has 0 aliphatic heterocycles. The highest BCUT2D eigenvalue weighted by Gasteiger charge is 2.45. The monoisotopic (exact) mass is 243 g/mol. The Kier molecular flexibility index (Phi) is 2.28. The summed E-state index contributed by atoms with van der Waals surface area (Å²) >= 11 is 0. The smallest absolute Gasteiger partial charge is 0.235 e. The third-order valence-electron chi connectivity index (χ3n) is 3.45. The molecule has 0 spiro atoms. The van der Waals surface area contributed by atoms with Crippen LogP contribution in [0.4, 0.5) is 0 Å². The number of methoxy groups -OCH3 is 1. The van der Waals surface area contributed by atoms with Gasteiger partial charge in [0.25, 0.3) is 0 Å². The number of fused-ring (bicyclic) bond motifs is 1. The summed E-state index contributed by atoms with van der Waals surface area (Å²) in [4.78, 5) is 14.4. The van der Waals surface area contributed by atoms with Gasteiger partial charge in [0, 0.05) is 5.39 Å². The molecule has 0 N–H and O–H groups in total. The first-order chi connectivity index (χ1) is 8.68. The second-order valence-electron chi connectivity index (χ2n) is 4.69. The van der Waals surface area contributed by atoms with E-state index in [0.717, 1.165) is 35.1 Å². The highest BCUT2D eigenvalue weighted by atomic mass is 16.5. The second kappa shape index (κ2) is 3.72. The summed E-state index contributed by atoms with van der Waals surface area (Å²) in [5, 5.41) is 0.981. The Hall–Kier alpha value is -2.06. The number of carbonyl (C=O) groups excluding carboxylic acids is 1. The Balaban J connectivity index is 2.22. The highest BCUT2D eigenvalue weighted by molar-refractivity contribution is 5.85. The molecule has 4 nitrogen and oxygen atoms in total. The SMILES string of the molecule is COc1cc(C2(N=C=O)CC2)cc2cc(C)oc12. The van der Waals surface area contributed by atoms with Crippen molar-refractivity contribution in [2.24, 2.45) is 4.99 Å². The molecular formula is C14H13NO3. The summed E-state index contributed by atoms with van der Waals surface area (Å²) in [5.74, 6) is 1.52. The number of benzene rings is 1. The molecule has 1 aliphatic carbocycles. The van der Waals surface area contributed by atoms with Gasteiger partial charge in [-0.05, 0) is 43.5 Å². The maximum absolute atomic E-state index is 10.5. The highest BCUT2D eigenvalue weighted by Crippen LogP contribution is 2.51. The number of hydrogen-bond acceptors (Lipinski definition) is 4. The van der Waals surface area contributed by atoms with Gasteiger partial charge in [-0.1, -0.05) is 0 Å². The predicted molar refractivity (Wildman–Crippen MR) is 66.5 cm³/mol. The van der Waals surface area contributed by atoms with Crippen molar-refractivity contribution in [2.75, 3.05) is 7.11 Å². The topological polar surface area (TPSA) is 51.8 Å². The predicted octanol–water partition coefficient (Wildman–Crippen LogP) is 3.07. The molecule has 1 fully saturated rings. The van der Waals surface area contributed by atoms with Crippen LogP contribution in [0.3, 0.4) is 0 Å². The van der Waals surface area contributed by atoms with Crippen molar-refractivity contribution < 1.29 is 13.9 Å². The Morgan fingerprint density at radius 2 is 2.17 bits per heavy atom. The summed E-state index contributed by atoms with van der Waals surface area (Å²) < 4.78 is 11.0. The molecule has 0 atom stereocenters. The van der Waals surface area contributed by atoms with E-state index in [-0.39, 0.29) is 5.54 Å². The summed E-state index contributed by atoms with van der Waals surface area (Å²) in [6.07, 6.45) is 3.44. The molecule has 4 heteroatoms. The lowest BCUT2D eigenvalue weighted by molar-refractivity contribution is 0.407. The normalized spacial score (nSPS) is 16.3. The van der Waals surface area contributed by atoms with Crippen LogP contribution in [0.5, 0.6) is 5.75 Å². The fourth-order valence-electron chi connectivity index (χ4n) is 2.34. The maximum Gasteiger partial charge on any atom is 0.235 e. The van der Waals surface area contributed by atoms with Crippen molar-refractivity contribution in [3.8, 4) is 5.75 Å². The fraction of sp³-hybridized carbons (Fsp3) is 0.357. The van der Waals surface area contributed by atoms with Crippen LogP contribution in [0.15, 0.2) is 27.6 Å². The number of ether oxygens (including phenoxy) is 1. The average molecular weight is 243 g/mol. The Bertz CT molecular complexity index is 661. The Morgan fingerprint density at radius 3 is 2.78 bits per heavy atom. The number of rotatable bonds is 3. The van der Waals surface area contributed by atoms with Crippen LogP contribution in [-0.4, -0.2) is 13.2 Å². The molecule has 0 amide bonds. The van der Waals surface area contributed by atoms with E-state index in [9.17, 15) is 4.79 Å². The number of furan rings is 1. The van der Waals surface area contributed by atoms with Crippen LogP contribution in [0.2, 0.25) is 0 Å². The third-order valence-corrected chi connectivity index (χ3v) is 3.45. The van der Waals surface area contributed by atoms with Crippen molar-refractivity contribution in [2.45, 2.75) is 25.3 Å². The van der Waals surface area contributed by atoms with Crippen LogP contribution < -0.4 is 4.74 Å². The molecule has 1 aromatic carbocycles. The molecule has 1 saturated carbocycles. The number of nitrogens with zero attached hydrogens (tertiary/aromatic N) is 1. The third kappa shape index (κ3) is 1.54. The summed E-state index contributed by atoms with van der Waals surface area (Å²) in [5.41, 5.74) is 1.36. The van der Waals surface area contributed by atoms with Crippen LogP contribution in [-0.2, 0) is 10.3 Å². The van der Waals surface area contributed by atoms with Crippen molar-refractivity contribution in [3.05, 3.63) is 29.5 Å². The largest absolute Gasteiger partial charge is 0.493 e. The van der Waals surface area contributed by atoms with E-state index < -0.39 is 0 Å². The fourth-order valence-corrected chi connectivity index (χ4v) is 2.34. The molecule has 0 radical (unpaired) electrons. The molecule has 18 heavy (non-hydrogen) atoms. The molecule has 0 unspecified atom stereocenters. The minimum absolute atomic E-state index is 0.381. The van der Waals surface area contributed by atoms with Crippen molar-refractivity contribution in [3.63, 3.8) is 0 Å². The van der Waals surface area contributed by atoms with Gasteiger partial charge in [-0.15, -0.1) is 0 Å². The van der Waals surface area contributed by atoms with E-state index in [1.807, 2.05) is 25.1 Å². The van der Waals surface area contributed by atoms with Gasteiger partial charge in [-0.25, -0.2) is 4.79 Å². The zero-order valence-electron chi connectivity index (χ0n) is 10.3. The minimum Gasteiger partial charge on any atom is -0.493 e. The van der Waals surface area contributed by atoms with Crippen LogP contribution in [0, 0.1) is 6.92 Å². The van der Waals surface area contributed by atoms with Crippen molar-refractivity contribution in [1.29, 1.82) is 0 Å². The zero-order chi connectivity index (χ0) is 12.8. The summed E-state index contributed by atoms with van der Waals surface area (Å²) in [6.45, 7) is 1.90. The number of isocyanates is 1. The van der Waals surface area contributed by atoms with E-state index >= 15 is 0 Å². The van der Waals surface area contributed by atoms with Gasteiger partial charge in [0.1, 0.15) is 5.76 Å². The van der Waals surface area contributed by atoms with Crippen molar-refractivity contribution in [1.82, 2.24) is 0 Å². The first-order valence-electron chi connectivity index (χ1n) is 5.86. The molecule has 92 valence electrons. The second-order valence-corrected chi connectivity index (χ2v) is 4.69. The van der Waals surface area contributed by atoms with Gasteiger partial charge in [0.05, 0.1) is 12.6 Å². The average Bonchev–Trinajstić information content (AvgIpc) is 3.03. The molecule has 1 aliphatic rings. The maximum atomic E-state index is 10.5. The number of aliphatic imine (C=N–C) groups is 1. The molecule has 1 heterocycles. The zero-order valence-corrected chi connectivity index (χ0v) is 10.3. The van der Waals surface area contributed by atoms with E-state index in [1.54, 1.807) is 13.2 Å². The molecule has 0 bridgehead atoms. The lowest BCUT2D eigenvalue weighted by Gasteiger charge is -2.10. The molecular weight excluding hydrogens is 230 g/mol. The van der Waals surface area contributed by atoms with Crippen LogP contribution in [0.25, 0.3) is 11.0 Å². The molecule has 0 saturated heterocycles. The first-order valence-corrected chi connectivity index (χ1v) is 5.86. The van der Waals surface area contributed by atoms with Gasteiger partial charge < -0.3 is 9.15 Å². The van der Waals surface area contributed by atoms with E-state index in [2.05, 4.69) is 4.99 Å². The minimum atomic E-state index is -0.381.